The van der Waals surface area contributed by atoms with Crippen molar-refractivity contribution >= 4 is 0 Å². The Labute approximate surface area is 121 Å². The lowest BCUT2D eigenvalue weighted by Gasteiger charge is -2.29. The zero-order valence-electron chi connectivity index (χ0n) is 12.5. The highest BCUT2D eigenvalue weighted by molar-refractivity contribution is 5.22. The zero-order valence-corrected chi connectivity index (χ0v) is 12.5. The Hall–Kier alpha value is -1.68. The van der Waals surface area contributed by atoms with Crippen LogP contribution < -0.4 is 5.73 Å². The molecule has 0 spiro atoms. The van der Waals surface area contributed by atoms with Gasteiger partial charge < -0.3 is 5.73 Å². The van der Waals surface area contributed by atoms with E-state index in [1.807, 2.05) is 19.3 Å². The number of hydrogen-bond donors (Lipinski definition) is 1. The molecule has 0 fully saturated rings. The van der Waals surface area contributed by atoms with Gasteiger partial charge in [0, 0.05) is 31.6 Å². The molecule has 108 valence electrons. The second-order valence-electron chi connectivity index (χ2n) is 5.57. The topological polar surface area (TPSA) is 56.7 Å². The van der Waals surface area contributed by atoms with Crippen molar-refractivity contribution in [3.63, 3.8) is 0 Å². The Kier molecular flexibility index (Phi) is 4.90. The number of hydrogen-bond acceptors (Lipinski definition) is 3. The first-order chi connectivity index (χ1) is 9.61. The van der Waals surface area contributed by atoms with Crippen LogP contribution in [0.2, 0.25) is 0 Å². The van der Waals surface area contributed by atoms with Crippen molar-refractivity contribution in [2.75, 3.05) is 0 Å². The van der Waals surface area contributed by atoms with E-state index in [2.05, 4.69) is 48.4 Å². The average molecular weight is 272 g/mol. The summed E-state index contributed by atoms with van der Waals surface area (Å²) in [5.41, 5.74) is 8.77. The van der Waals surface area contributed by atoms with Gasteiger partial charge in [0.1, 0.15) is 0 Å². The first-order valence-electron chi connectivity index (χ1n) is 7.27. The van der Waals surface area contributed by atoms with Crippen LogP contribution >= 0.6 is 0 Å². The number of aromatic nitrogens is 3. The van der Waals surface area contributed by atoms with E-state index in [-0.39, 0.29) is 6.04 Å². The molecule has 0 amide bonds. The van der Waals surface area contributed by atoms with Crippen LogP contribution in [0.3, 0.4) is 0 Å². The van der Waals surface area contributed by atoms with Gasteiger partial charge in [-0.1, -0.05) is 55.8 Å². The highest BCUT2D eigenvalue weighted by Crippen LogP contribution is 2.30. The molecule has 3 unspecified atom stereocenters. The molecule has 1 heterocycles. The molecule has 0 radical (unpaired) electrons. The molecule has 0 saturated carbocycles. The van der Waals surface area contributed by atoms with Crippen LogP contribution in [0.25, 0.3) is 0 Å². The molecular weight excluding hydrogens is 248 g/mol. The van der Waals surface area contributed by atoms with E-state index in [9.17, 15) is 0 Å². The largest absolute Gasteiger partial charge is 0.327 e. The minimum atomic E-state index is 0.0593. The van der Waals surface area contributed by atoms with Gasteiger partial charge in [0.2, 0.25) is 0 Å². The zero-order chi connectivity index (χ0) is 14.5. The van der Waals surface area contributed by atoms with Gasteiger partial charge in [0.15, 0.2) is 0 Å². The molecule has 4 nitrogen and oxygen atoms in total. The van der Waals surface area contributed by atoms with E-state index < -0.39 is 0 Å². The summed E-state index contributed by atoms with van der Waals surface area (Å²) in [4.78, 5) is 0. The summed E-state index contributed by atoms with van der Waals surface area (Å²) < 4.78 is 1.73. The van der Waals surface area contributed by atoms with Gasteiger partial charge >= 0.3 is 0 Å². The van der Waals surface area contributed by atoms with Crippen LogP contribution in [-0.2, 0) is 13.5 Å². The molecule has 4 heteroatoms. The van der Waals surface area contributed by atoms with Crippen molar-refractivity contribution < 1.29 is 0 Å². The smallest absolute Gasteiger partial charge is 0.0842 e. The van der Waals surface area contributed by atoms with Crippen LogP contribution in [0.4, 0.5) is 0 Å². The molecule has 0 saturated heterocycles. The number of aryl methyl sites for hydroxylation is 1. The highest BCUT2D eigenvalue weighted by Gasteiger charge is 2.25. The Morgan fingerprint density at radius 1 is 1.25 bits per heavy atom. The fraction of sp³-hybridized carbons (Fsp3) is 0.500. The van der Waals surface area contributed by atoms with Crippen molar-refractivity contribution in [2.24, 2.45) is 18.7 Å². The maximum Gasteiger partial charge on any atom is 0.0842 e. The van der Waals surface area contributed by atoms with Crippen LogP contribution in [0.1, 0.15) is 37.4 Å². The molecule has 2 aromatic rings. The van der Waals surface area contributed by atoms with Gasteiger partial charge in [-0.05, 0) is 11.5 Å². The fourth-order valence-corrected chi connectivity index (χ4v) is 2.78. The van der Waals surface area contributed by atoms with Crippen molar-refractivity contribution in [3.05, 3.63) is 47.8 Å². The third-order valence-electron chi connectivity index (χ3n) is 4.00. The predicted octanol–water partition coefficient (Wildman–Crippen LogP) is 2.51. The molecule has 20 heavy (non-hydrogen) atoms. The molecule has 0 aliphatic carbocycles. The summed E-state index contributed by atoms with van der Waals surface area (Å²) >= 11 is 0. The predicted molar refractivity (Wildman–Crippen MR) is 81.3 cm³/mol. The summed E-state index contributed by atoms with van der Waals surface area (Å²) in [7, 11) is 1.88. The van der Waals surface area contributed by atoms with Crippen molar-refractivity contribution in [1.29, 1.82) is 0 Å². The van der Waals surface area contributed by atoms with Crippen LogP contribution in [0.15, 0.2) is 36.5 Å². The molecule has 0 bridgehead atoms. The minimum absolute atomic E-state index is 0.0593. The number of nitrogens with two attached hydrogens (primary N) is 1. The quantitative estimate of drug-likeness (QED) is 0.879. The lowest BCUT2D eigenvalue weighted by molar-refractivity contribution is 0.378. The SMILES string of the molecule is CCC(C)C(c1ccccc1)C(N)Cc1cn(C)nn1. The van der Waals surface area contributed by atoms with Gasteiger partial charge in [0.25, 0.3) is 0 Å². The first kappa shape index (κ1) is 14.7. The van der Waals surface area contributed by atoms with E-state index in [1.54, 1.807) is 4.68 Å². The number of rotatable bonds is 6. The molecular formula is C16H24N4. The monoisotopic (exact) mass is 272 g/mol. The maximum atomic E-state index is 6.49. The summed E-state index contributed by atoms with van der Waals surface area (Å²) in [5, 5.41) is 8.13. The Bertz CT molecular complexity index is 520. The molecule has 2 N–H and O–H groups in total. The van der Waals surface area contributed by atoms with E-state index in [0.29, 0.717) is 11.8 Å². The lowest BCUT2D eigenvalue weighted by Crippen LogP contribution is -2.34. The third-order valence-corrected chi connectivity index (χ3v) is 4.00. The highest BCUT2D eigenvalue weighted by atomic mass is 15.4. The van der Waals surface area contributed by atoms with Crippen LogP contribution in [-0.4, -0.2) is 21.0 Å². The summed E-state index contributed by atoms with van der Waals surface area (Å²) in [6.07, 6.45) is 3.82. The van der Waals surface area contributed by atoms with Crippen molar-refractivity contribution in [3.8, 4) is 0 Å². The van der Waals surface area contributed by atoms with Gasteiger partial charge in [0.05, 0.1) is 5.69 Å². The normalized spacial score (nSPS) is 15.8. The molecule has 1 aromatic heterocycles. The lowest BCUT2D eigenvalue weighted by atomic mass is 9.79. The Balaban J connectivity index is 2.18. The first-order valence-corrected chi connectivity index (χ1v) is 7.27. The molecule has 2 rings (SSSR count). The third kappa shape index (κ3) is 3.45. The second kappa shape index (κ2) is 6.66. The van der Waals surface area contributed by atoms with Gasteiger partial charge in [-0.3, -0.25) is 4.68 Å². The van der Waals surface area contributed by atoms with E-state index >= 15 is 0 Å². The van der Waals surface area contributed by atoms with Crippen LogP contribution in [0.5, 0.6) is 0 Å². The molecule has 0 aliphatic rings. The van der Waals surface area contributed by atoms with E-state index in [1.165, 1.54) is 5.56 Å². The number of nitrogens with zero attached hydrogens (tertiary/aromatic N) is 3. The fourth-order valence-electron chi connectivity index (χ4n) is 2.78. The van der Waals surface area contributed by atoms with E-state index in [0.717, 1.165) is 18.5 Å². The average Bonchev–Trinajstić information content (AvgIpc) is 2.85. The van der Waals surface area contributed by atoms with E-state index in [4.69, 9.17) is 5.73 Å². The maximum absolute atomic E-state index is 6.49. The van der Waals surface area contributed by atoms with Crippen molar-refractivity contribution in [2.45, 2.75) is 38.6 Å². The summed E-state index contributed by atoms with van der Waals surface area (Å²) in [5.74, 6) is 0.896. The molecule has 0 aliphatic heterocycles. The van der Waals surface area contributed by atoms with Gasteiger partial charge in [-0.15, -0.1) is 5.10 Å². The number of benzene rings is 1. The molecule has 3 atom stereocenters. The van der Waals surface area contributed by atoms with Crippen molar-refractivity contribution in [1.82, 2.24) is 15.0 Å². The Morgan fingerprint density at radius 3 is 2.50 bits per heavy atom. The second-order valence-corrected chi connectivity index (χ2v) is 5.57. The standard InChI is InChI=1S/C16H24N4/c1-4-12(2)16(13-8-6-5-7-9-13)15(17)10-14-11-20(3)19-18-14/h5-9,11-12,15-16H,4,10,17H2,1-3H3. The van der Waals surface area contributed by atoms with Crippen LogP contribution in [0, 0.1) is 5.92 Å². The minimum Gasteiger partial charge on any atom is -0.327 e. The Morgan fingerprint density at radius 2 is 1.95 bits per heavy atom. The van der Waals surface area contributed by atoms with Gasteiger partial charge in [-0.2, -0.15) is 0 Å². The summed E-state index contributed by atoms with van der Waals surface area (Å²) in [6.45, 7) is 4.49. The molecule has 1 aromatic carbocycles. The van der Waals surface area contributed by atoms with Gasteiger partial charge in [-0.25, -0.2) is 0 Å². The summed E-state index contributed by atoms with van der Waals surface area (Å²) in [6, 6.07) is 10.6.